The fourth-order valence-electron chi connectivity index (χ4n) is 11.6. The van der Waals surface area contributed by atoms with Gasteiger partial charge in [0, 0.05) is 71.2 Å². The Labute approximate surface area is 363 Å². The zero-order valence-electron chi connectivity index (χ0n) is 34.4. The highest BCUT2D eigenvalue weighted by atomic mass is 16.3. The van der Waals surface area contributed by atoms with Crippen molar-refractivity contribution < 1.29 is 29.4 Å². The van der Waals surface area contributed by atoms with Crippen LogP contribution in [0.2, 0.25) is 0 Å². The molecule has 0 radical (unpaired) electrons. The van der Waals surface area contributed by atoms with Gasteiger partial charge in [-0.1, -0.05) is 84.9 Å². The van der Waals surface area contributed by atoms with Gasteiger partial charge in [0.05, 0.1) is 62.6 Å². The third kappa shape index (κ3) is 5.00. The van der Waals surface area contributed by atoms with Crippen LogP contribution in [0.4, 0.5) is 0 Å². The number of aromatic amines is 2. The lowest BCUT2D eigenvalue weighted by Crippen LogP contribution is -2.21. The normalized spacial score (nSPS) is 20.9. The zero-order valence-corrected chi connectivity index (χ0v) is 34.4. The summed E-state index contributed by atoms with van der Waals surface area (Å²) in [5.74, 6) is -1.36. The number of carbonyl (C=O) groups is 4. The number of allylic oxidation sites excluding steroid dienone is 1. The van der Waals surface area contributed by atoms with Gasteiger partial charge in [-0.3, -0.25) is 29.8 Å². The molecule has 4 aliphatic rings. The molecule has 4 aromatic heterocycles. The van der Waals surface area contributed by atoms with Crippen LogP contribution in [0.25, 0.3) is 87.2 Å². The van der Waals surface area contributed by atoms with Crippen LogP contribution in [0.1, 0.15) is 92.0 Å². The van der Waals surface area contributed by atoms with E-state index in [9.17, 15) is 29.4 Å². The molecule has 12 nitrogen and oxygen atoms in total. The highest BCUT2D eigenvalue weighted by Crippen LogP contribution is 2.48. The van der Waals surface area contributed by atoms with Gasteiger partial charge >= 0.3 is 0 Å². The molecular formula is C52H40N6O6. The molecule has 2 aliphatic carbocycles. The topological polar surface area (TPSA) is 174 Å². The fourth-order valence-corrected chi connectivity index (χ4v) is 11.6. The lowest BCUT2D eigenvalue weighted by molar-refractivity contribution is 0.0864. The second-order valence-electron chi connectivity index (χ2n) is 17.7. The number of carbonyl (C=O) groups excluding carboxylic acids is 4. The Kier molecular flexibility index (Phi) is 7.80. The standard InChI is InChI=1S/C26H21N3O3.C26H19N3O3/c2*30-14-11-9-13(10-12-14)29-18-8-4-2-6-16(18)20-22-21(25(31)28-26(22)32)19-15-5-1-3-7-17(15)27-23(19)24(20)29/h1-8,13-14,27,30H,9-12H2,(H,28,31,32);1-9,11,13-14,27,30H,10,12H2,(H,28,31,32)/t;13?,14-/m.1/s1. The SMILES string of the molecule is O=C1NC(=O)c2c1c1c3ccccc3[nH]c1c1c2c2ccccc2n1C1C=C[C@@H](O)CC1.O=C1NC(=O)c2c1c1c3ccccc3[nH]c1c1c2c2ccccc2n1C1CCC(O)CC1. The Morgan fingerprint density at radius 1 is 0.453 bits per heavy atom. The summed E-state index contributed by atoms with van der Waals surface area (Å²) in [5, 5.41) is 32.2. The van der Waals surface area contributed by atoms with Crippen LogP contribution in [0.3, 0.4) is 0 Å². The first kappa shape index (κ1) is 37.1. The van der Waals surface area contributed by atoms with E-state index in [4.69, 9.17) is 0 Å². The summed E-state index contributed by atoms with van der Waals surface area (Å²) in [6.45, 7) is 0. The van der Waals surface area contributed by atoms with Gasteiger partial charge in [0.15, 0.2) is 0 Å². The van der Waals surface area contributed by atoms with Gasteiger partial charge in [-0.25, -0.2) is 0 Å². The van der Waals surface area contributed by atoms with E-state index in [2.05, 4.69) is 41.9 Å². The Balaban J connectivity index is 0.000000129. The minimum atomic E-state index is -0.430. The second kappa shape index (κ2) is 13.5. The maximum absolute atomic E-state index is 13.1. The third-order valence-corrected chi connectivity index (χ3v) is 14.2. The zero-order chi connectivity index (χ0) is 43.1. The number of H-pyrrole nitrogens is 2. The van der Waals surface area contributed by atoms with Gasteiger partial charge in [-0.15, -0.1) is 0 Å². The molecule has 0 bridgehead atoms. The molecule has 6 heterocycles. The molecular weight excluding hydrogens is 805 g/mol. The van der Waals surface area contributed by atoms with Crippen molar-refractivity contribution in [3.05, 3.63) is 131 Å². The second-order valence-corrected chi connectivity index (χ2v) is 17.7. The Morgan fingerprint density at radius 3 is 1.39 bits per heavy atom. The lowest BCUT2D eigenvalue weighted by atomic mass is 9.92. The number of aliphatic hydroxyl groups is 2. The van der Waals surface area contributed by atoms with Crippen molar-refractivity contribution in [2.24, 2.45) is 0 Å². The van der Waals surface area contributed by atoms with Crippen molar-refractivity contribution >= 4 is 111 Å². The van der Waals surface area contributed by atoms with Gasteiger partial charge in [0.2, 0.25) is 0 Å². The fraction of sp³-hybridized carbons (Fsp3) is 0.192. The van der Waals surface area contributed by atoms with Crippen LogP contribution >= 0.6 is 0 Å². The van der Waals surface area contributed by atoms with E-state index in [-0.39, 0.29) is 41.8 Å². The maximum Gasteiger partial charge on any atom is 0.259 e. The quantitative estimate of drug-likeness (QED) is 0.0747. The first-order chi connectivity index (χ1) is 31.3. The summed E-state index contributed by atoms with van der Waals surface area (Å²) in [4.78, 5) is 59.2. The lowest BCUT2D eigenvalue weighted by Gasteiger charge is -2.28. The van der Waals surface area contributed by atoms with Crippen molar-refractivity contribution in [2.45, 2.75) is 62.8 Å². The van der Waals surface area contributed by atoms with E-state index < -0.39 is 6.10 Å². The maximum atomic E-state index is 13.1. The van der Waals surface area contributed by atoms with Crippen molar-refractivity contribution in [1.82, 2.24) is 29.7 Å². The number of aliphatic hydroxyl groups excluding tert-OH is 2. The number of imide groups is 2. The van der Waals surface area contributed by atoms with Gasteiger partial charge in [0.25, 0.3) is 23.6 Å². The molecule has 0 saturated heterocycles. The van der Waals surface area contributed by atoms with E-state index in [0.29, 0.717) is 28.7 Å². The van der Waals surface area contributed by atoms with E-state index in [1.807, 2.05) is 97.1 Å². The van der Waals surface area contributed by atoms with E-state index in [1.165, 1.54) is 0 Å². The third-order valence-electron chi connectivity index (χ3n) is 14.2. The summed E-state index contributed by atoms with van der Waals surface area (Å²) < 4.78 is 4.62. The molecule has 2 aliphatic heterocycles. The number of amides is 4. The molecule has 6 N–H and O–H groups in total. The largest absolute Gasteiger partial charge is 0.393 e. The van der Waals surface area contributed by atoms with Crippen LogP contribution in [-0.4, -0.2) is 65.2 Å². The minimum Gasteiger partial charge on any atom is -0.393 e. The molecule has 1 fully saturated rings. The molecule has 1 saturated carbocycles. The number of fused-ring (bicyclic) bond motifs is 20. The Morgan fingerprint density at radius 2 is 0.891 bits per heavy atom. The van der Waals surface area contributed by atoms with E-state index in [1.54, 1.807) is 0 Å². The molecule has 0 spiro atoms. The van der Waals surface area contributed by atoms with Crippen molar-refractivity contribution in [3.63, 3.8) is 0 Å². The average molecular weight is 845 g/mol. The van der Waals surface area contributed by atoms with Crippen molar-refractivity contribution in [3.8, 4) is 0 Å². The van der Waals surface area contributed by atoms with Crippen LogP contribution in [0.15, 0.2) is 109 Å². The highest BCUT2D eigenvalue weighted by molar-refractivity contribution is 6.40. The molecule has 2 atom stereocenters. The number of aromatic nitrogens is 4. The summed E-state index contributed by atoms with van der Waals surface area (Å²) in [6, 6.07) is 32.2. The van der Waals surface area contributed by atoms with Gasteiger partial charge in [-0.2, -0.15) is 0 Å². The molecule has 314 valence electrons. The van der Waals surface area contributed by atoms with Crippen LogP contribution in [-0.2, 0) is 0 Å². The molecule has 12 heteroatoms. The molecule has 64 heavy (non-hydrogen) atoms. The summed E-state index contributed by atoms with van der Waals surface area (Å²) in [6.07, 6.45) is 7.95. The van der Waals surface area contributed by atoms with Gasteiger partial charge < -0.3 is 29.3 Å². The number of benzene rings is 6. The van der Waals surface area contributed by atoms with Crippen molar-refractivity contribution in [2.75, 3.05) is 0 Å². The summed E-state index contributed by atoms with van der Waals surface area (Å²) in [7, 11) is 0. The Bertz CT molecular complexity index is 3780. The highest BCUT2D eigenvalue weighted by Gasteiger charge is 2.38. The van der Waals surface area contributed by atoms with Crippen molar-refractivity contribution in [1.29, 1.82) is 0 Å². The number of rotatable bonds is 2. The summed E-state index contributed by atoms with van der Waals surface area (Å²) >= 11 is 0. The number of hydrogen-bond acceptors (Lipinski definition) is 6. The average Bonchev–Trinajstić information content (AvgIpc) is 4.15. The van der Waals surface area contributed by atoms with Crippen LogP contribution in [0.5, 0.6) is 0 Å². The smallest absolute Gasteiger partial charge is 0.259 e. The summed E-state index contributed by atoms with van der Waals surface area (Å²) in [5.41, 5.74) is 9.45. The van der Waals surface area contributed by atoms with Crippen LogP contribution < -0.4 is 10.6 Å². The first-order valence-corrected chi connectivity index (χ1v) is 22.0. The first-order valence-electron chi connectivity index (χ1n) is 22.0. The van der Waals surface area contributed by atoms with Crippen LogP contribution in [0, 0.1) is 0 Å². The predicted molar refractivity (Wildman–Crippen MR) is 248 cm³/mol. The molecule has 1 unspecified atom stereocenters. The molecule has 14 rings (SSSR count). The molecule has 4 amide bonds. The van der Waals surface area contributed by atoms with Gasteiger partial charge in [-0.05, 0) is 62.8 Å². The van der Waals surface area contributed by atoms with E-state index >= 15 is 0 Å². The minimum absolute atomic E-state index is 0.0358. The predicted octanol–water partition coefficient (Wildman–Crippen LogP) is 9.35. The number of para-hydroxylation sites is 4. The molecule has 6 aromatic carbocycles. The monoisotopic (exact) mass is 844 g/mol. The molecule has 10 aromatic rings. The van der Waals surface area contributed by atoms with E-state index in [0.717, 1.165) is 119 Å². The van der Waals surface area contributed by atoms with Gasteiger partial charge in [0.1, 0.15) is 0 Å². The number of hydrogen-bond donors (Lipinski definition) is 6. The number of nitrogens with one attached hydrogen (secondary N) is 4. The Hall–Kier alpha value is -7.54. The number of nitrogens with zero attached hydrogens (tertiary/aromatic N) is 2.